The number of ether oxygens (including phenoxy) is 1. The third-order valence-electron chi connectivity index (χ3n) is 2.70. The Morgan fingerprint density at radius 1 is 1.47 bits per heavy atom. The molecule has 6 nitrogen and oxygen atoms in total. The molecule has 1 unspecified atom stereocenters. The predicted octanol–water partition coefficient (Wildman–Crippen LogP) is 1.19. The van der Waals surface area contributed by atoms with Gasteiger partial charge < -0.3 is 15.4 Å². The molecule has 0 spiro atoms. The van der Waals surface area contributed by atoms with Crippen LogP contribution in [-0.4, -0.2) is 24.6 Å². The maximum atomic E-state index is 11.2. The van der Waals surface area contributed by atoms with Crippen LogP contribution in [0.3, 0.4) is 0 Å². The smallest absolute Gasteiger partial charge is 0.407 e. The molecule has 0 bridgehead atoms. The average Bonchev–Trinajstić information content (AvgIpc) is 2.78. The van der Waals surface area contributed by atoms with Crippen molar-refractivity contribution in [3.8, 4) is 6.07 Å². The average molecular weight is 259 g/mol. The van der Waals surface area contributed by atoms with Crippen LogP contribution in [0.15, 0.2) is 24.3 Å². The van der Waals surface area contributed by atoms with Crippen molar-refractivity contribution in [2.45, 2.75) is 18.9 Å². The highest BCUT2D eigenvalue weighted by atomic mass is 16.6. The van der Waals surface area contributed by atoms with Gasteiger partial charge in [0.15, 0.2) is 0 Å². The van der Waals surface area contributed by atoms with Crippen molar-refractivity contribution in [2.75, 3.05) is 11.9 Å². The summed E-state index contributed by atoms with van der Waals surface area (Å²) < 4.78 is 4.80. The van der Waals surface area contributed by atoms with E-state index in [4.69, 9.17) is 10.00 Å². The number of anilines is 1. The fourth-order valence-corrected chi connectivity index (χ4v) is 1.82. The first kappa shape index (κ1) is 12.9. The Morgan fingerprint density at radius 3 is 2.79 bits per heavy atom. The molecular weight excluding hydrogens is 246 g/mol. The molecule has 6 heteroatoms. The van der Waals surface area contributed by atoms with Gasteiger partial charge in [-0.2, -0.15) is 5.26 Å². The van der Waals surface area contributed by atoms with E-state index < -0.39 is 0 Å². The van der Waals surface area contributed by atoms with Crippen LogP contribution in [0, 0.1) is 11.3 Å². The van der Waals surface area contributed by atoms with E-state index in [1.807, 2.05) is 12.1 Å². The van der Waals surface area contributed by atoms with Gasteiger partial charge in [-0.25, -0.2) is 4.79 Å². The fourth-order valence-electron chi connectivity index (χ4n) is 1.82. The Bertz CT molecular complexity index is 519. The minimum absolute atomic E-state index is 0.00784. The van der Waals surface area contributed by atoms with Crippen molar-refractivity contribution >= 4 is 17.7 Å². The molecule has 98 valence electrons. The van der Waals surface area contributed by atoms with Crippen LogP contribution in [0.25, 0.3) is 0 Å². The second kappa shape index (κ2) is 5.87. The number of carbonyl (C=O) groups excluding carboxylic acids is 2. The van der Waals surface area contributed by atoms with Crippen LogP contribution in [0.5, 0.6) is 0 Å². The highest BCUT2D eigenvalue weighted by Crippen LogP contribution is 2.13. The second-order valence-corrected chi connectivity index (χ2v) is 4.22. The van der Waals surface area contributed by atoms with Crippen molar-refractivity contribution in [1.82, 2.24) is 5.32 Å². The molecule has 1 fully saturated rings. The summed E-state index contributed by atoms with van der Waals surface area (Å²) in [5.74, 6) is -0.327. The summed E-state index contributed by atoms with van der Waals surface area (Å²) in [6.07, 6.45) is 0.135. The maximum absolute atomic E-state index is 11.2. The number of alkyl carbamates (subject to hydrolysis) is 1. The van der Waals surface area contributed by atoms with Crippen molar-refractivity contribution in [2.24, 2.45) is 0 Å². The Morgan fingerprint density at radius 2 is 2.21 bits per heavy atom. The number of cyclic esters (lactones) is 1. The molecule has 0 saturated carbocycles. The monoisotopic (exact) mass is 259 g/mol. The lowest BCUT2D eigenvalue weighted by Gasteiger charge is -2.08. The van der Waals surface area contributed by atoms with Gasteiger partial charge in [-0.3, -0.25) is 4.79 Å². The summed E-state index contributed by atoms with van der Waals surface area (Å²) in [6, 6.07) is 9.04. The van der Waals surface area contributed by atoms with Gasteiger partial charge in [-0.1, -0.05) is 12.1 Å². The first-order valence-corrected chi connectivity index (χ1v) is 5.86. The largest absolute Gasteiger partial charge is 0.447 e. The number of hydrogen-bond donors (Lipinski definition) is 2. The quantitative estimate of drug-likeness (QED) is 0.849. The number of rotatable bonds is 4. The molecule has 1 heterocycles. The molecule has 19 heavy (non-hydrogen) atoms. The van der Waals surface area contributed by atoms with Crippen LogP contribution >= 0.6 is 0 Å². The number of amides is 2. The second-order valence-electron chi connectivity index (χ2n) is 4.22. The van der Waals surface area contributed by atoms with Crippen molar-refractivity contribution in [1.29, 1.82) is 5.26 Å². The highest BCUT2D eigenvalue weighted by Gasteiger charge is 2.21. The Kier molecular flexibility index (Phi) is 3.98. The lowest BCUT2D eigenvalue weighted by atomic mass is 10.1. The van der Waals surface area contributed by atoms with Crippen LogP contribution < -0.4 is 10.6 Å². The van der Waals surface area contributed by atoms with Gasteiger partial charge in [0.05, 0.1) is 12.1 Å². The molecule has 1 aromatic rings. The topological polar surface area (TPSA) is 91.2 Å². The molecule has 2 N–H and O–H groups in total. The predicted molar refractivity (Wildman–Crippen MR) is 67.3 cm³/mol. The summed E-state index contributed by atoms with van der Waals surface area (Å²) in [5.41, 5.74) is 1.68. The Hall–Kier alpha value is -2.55. The maximum Gasteiger partial charge on any atom is 0.407 e. The van der Waals surface area contributed by atoms with Gasteiger partial charge in [0.2, 0.25) is 5.91 Å². The summed E-state index contributed by atoms with van der Waals surface area (Å²) in [5, 5.41) is 13.7. The zero-order valence-corrected chi connectivity index (χ0v) is 10.2. The van der Waals surface area contributed by atoms with Gasteiger partial charge in [-0.05, 0) is 24.1 Å². The molecule has 1 atom stereocenters. The molecule has 0 radical (unpaired) electrons. The summed E-state index contributed by atoms with van der Waals surface area (Å²) >= 11 is 0. The molecule has 1 aliphatic heterocycles. The Balaban J connectivity index is 1.89. The Labute approximate surface area is 110 Å². The summed E-state index contributed by atoms with van der Waals surface area (Å²) in [4.78, 5) is 22.1. The zero-order valence-electron chi connectivity index (χ0n) is 10.2. The van der Waals surface area contributed by atoms with Crippen LogP contribution in [-0.2, 0) is 16.0 Å². The molecule has 0 aromatic heterocycles. The van der Waals surface area contributed by atoms with E-state index in [0.717, 1.165) is 5.56 Å². The molecule has 2 rings (SSSR count). The zero-order chi connectivity index (χ0) is 13.7. The fraction of sp³-hybridized carbons (Fsp3) is 0.308. The van der Waals surface area contributed by atoms with E-state index in [0.29, 0.717) is 18.7 Å². The molecule has 1 aromatic carbocycles. The van der Waals surface area contributed by atoms with Crippen molar-refractivity contribution in [3.05, 3.63) is 29.8 Å². The SMILES string of the molecule is N#CCC(=O)Nc1ccc(CC2COC(=O)N2)cc1. The van der Waals surface area contributed by atoms with Crippen molar-refractivity contribution in [3.63, 3.8) is 0 Å². The van der Waals surface area contributed by atoms with E-state index in [9.17, 15) is 9.59 Å². The number of hydrogen-bond acceptors (Lipinski definition) is 4. The van der Waals surface area contributed by atoms with E-state index in [2.05, 4.69) is 10.6 Å². The summed E-state index contributed by atoms with van der Waals surface area (Å²) in [6.45, 7) is 0.374. The standard InChI is InChI=1S/C13H13N3O3/c14-6-5-12(17)15-10-3-1-9(2-4-10)7-11-8-19-13(18)16-11/h1-4,11H,5,7-8H2,(H,15,17)(H,16,18). The normalized spacial score (nSPS) is 17.2. The minimum atomic E-state index is -0.384. The van der Waals surface area contributed by atoms with Gasteiger partial charge >= 0.3 is 6.09 Å². The van der Waals surface area contributed by atoms with Gasteiger partial charge in [-0.15, -0.1) is 0 Å². The molecule has 1 aliphatic rings. The number of benzene rings is 1. The van der Waals surface area contributed by atoms with Gasteiger partial charge in [0.25, 0.3) is 0 Å². The number of nitrogens with one attached hydrogen (secondary N) is 2. The minimum Gasteiger partial charge on any atom is -0.447 e. The van der Waals surface area contributed by atoms with Gasteiger partial charge in [0.1, 0.15) is 13.0 Å². The first-order chi connectivity index (χ1) is 9.17. The van der Waals surface area contributed by atoms with Crippen LogP contribution in [0.4, 0.5) is 10.5 Å². The van der Waals surface area contributed by atoms with Crippen LogP contribution in [0.2, 0.25) is 0 Å². The number of nitriles is 1. The third-order valence-corrected chi connectivity index (χ3v) is 2.70. The molecule has 0 aliphatic carbocycles. The van der Waals surface area contributed by atoms with E-state index >= 15 is 0 Å². The number of carbonyl (C=O) groups is 2. The van der Waals surface area contributed by atoms with Crippen LogP contribution in [0.1, 0.15) is 12.0 Å². The van der Waals surface area contributed by atoms with E-state index in [1.165, 1.54) is 0 Å². The number of nitrogens with zero attached hydrogens (tertiary/aromatic N) is 1. The van der Waals surface area contributed by atoms with Crippen molar-refractivity contribution < 1.29 is 14.3 Å². The van der Waals surface area contributed by atoms with Gasteiger partial charge in [0, 0.05) is 5.69 Å². The van der Waals surface area contributed by atoms with E-state index in [1.54, 1.807) is 18.2 Å². The molecule has 2 amide bonds. The third kappa shape index (κ3) is 3.71. The first-order valence-electron chi connectivity index (χ1n) is 5.86. The highest BCUT2D eigenvalue weighted by molar-refractivity contribution is 5.91. The summed E-state index contributed by atoms with van der Waals surface area (Å²) in [7, 11) is 0. The lowest BCUT2D eigenvalue weighted by Crippen LogP contribution is -2.28. The molecular formula is C13H13N3O3. The lowest BCUT2D eigenvalue weighted by molar-refractivity contribution is -0.115. The van der Waals surface area contributed by atoms with E-state index in [-0.39, 0.29) is 24.5 Å². The molecule has 1 saturated heterocycles.